The van der Waals surface area contributed by atoms with E-state index in [-0.39, 0.29) is 22.6 Å². The lowest BCUT2D eigenvalue weighted by Crippen LogP contribution is -2.36. The fraction of sp³-hybridized carbons (Fsp3) is 0.389. The van der Waals surface area contributed by atoms with Crippen LogP contribution in [-0.2, 0) is 16.1 Å². The smallest absolute Gasteiger partial charge is 0.328 e. The Labute approximate surface area is 160 Å². The first-order valence-corrected chi connectivity index (χ1v) is 9.41. The first-order valence-electron chi connectivity index (χ1n) is 8.60. The largest absolute Gasteiger partial charge is 0.472 e. The van der Waals surface area contributed by atoms with Crippen molar-refractivity contribution in [2.75, 3.05) is 20.3 Å². The minimum atomic E-state index is -0.346. The van der Waals surface area contributed by atoms with Crippen molar-refractivity contribution in [1.29, 1.82) is 0 Å². The summed E-state index contributed by atoms with van der Waals surface area (Å²) in [4.78, 5) is 24.4. The van der Waals surface area contributed by atoms with Gasteiger partial charge in [0.25, 0.3) is 11.1 Å². The SMILES string of the molecule is CCOCC(Cn1nc(OC)sc1=O)C1C(C(=O)NN)=Cc2ccccc21. The number of nitrogens with zero attached hydrogens (tertiary/aromatic N) is 2. The van der Waals surface area contributed by atoms with Crippen molar-refractivity contribution in [2.45, 2.75) is 19.4 Å². The number of benzene rings is 1. The third kappa shape index (κ3) is 3.95. The zero-order chi connectivity index (χ0) is 19.4. The number of rotatable bonds is 8. The highest BCUT2D eigenvalue weighted by Gasteiger charge is 2.36. The Bertz CT molecular complexity index is 905. The summed E-state index contributed by atoms with van der Waals surface area (Å²) in [6.45, 7) is 3.10. The van der Waals surface area contributed by atoms with Gasteiger partial charge in [0.05, 0.1) is 20.3 Å². The van der Waals surface area contributed by atoms with Gasteiger partial charge in [0.15, 0.2) is 0 Å². The number of aromatic nitrogens is 2. The van der Waals surface area contributed by atoms with Crippen LogP contribution in [0.4, 0.5) is 0 Å². The van der Waals surface area contributed by atoms with E-state index in [1.54, 1.807) is 0 Å². The molecular weight excluding hydrogens is 368 g/mol. The van der Waals surface area contributed by atoms with Crippen molar-refractivity contribution >= 4 is 23.3 Å². The summed E-state index contributed by atoms with van der Waals surface area (Å²) in [6, 6.07) is 7.79. The molecule has 1 aliphatic rings. The van der Waals surface area contributed by atoms with E-state index >= 15 is 0 Å². The maximum absolute atomic E-state index is 12.4. The molecule has 1 aromatic carbocycles. The van der Waals surface area contributed by atoms with Crippen LogP contribution in [-0.4, -0.2) is 36.0 Å². The lowest BCUT2D eigenvalue weighted by molar-refractivity contribution is -0.117. The number of fused-ring (bicyclic) bond motifs is 1. The van der Waals surface area contributed by atoms with Crippen molar-refractivity contribution in [3.8, 4) is 5.19 Å². The van der Waals surface area contributed by atoms with Gasteiger partial charge in [-0.05, 0) is 35.5 Å². The predicted molar refractivity (Wildman–Crippen MR) is 102 cm³/mol. The van der Waals surface area contributed by atoms with Gasteiger partial charge in [-0.3, -0.25) is 15.0 Å². The minimum Gasteiger partial charge on any atom is -0.472 e. The van der Waals surface area contributed by atoms with E-state index in [0.29, 0.717) is 30.5 Å². The van der Waals surface area contributed by atoms with Crippen LogP contribution in [0.25, 0.3) is 6.08 Å². The van der Waals surface area contributed by atoms with Gasteiger partial charge in [-0.1, -0.05) is 24.3 Å². The van der Waals surface area contributed by atoms with Crippen LogP contribution in [0.3, 0.4) is 0 Å². The number of nitrogens with two attached hydrogens (primary N) is 1. The molecule has 0 saturated carbocycles. The van der Waals surface area contributed by atoms with Crippen LogP contribution in [0.2, 0.25) is 0 Å². The predicted octanol–water partition coefficient (Wildman–Crippen LogP) is 1.14. The standard InChI is InChI=1S/C18H22N4O4S/c1-3-26-10-12(9-22-18(24)27-17(21-22)25-2)15-13-7-5-4-6-11(13)8-14(15)16(23)20-19/h4-8,12,15H,3,9-10,19H2,1-2H3,(H,20,23). The molecule has 0 spiro atoms. The highest BCUT2D eigenvalue weighted by Crippen LogP contribution is 2.42. The van der Waals surface area contributed by atoms with Crippen LogP contribution in [0, 0.1) is 5.92 Å². The van der Waals surface area contributed by atoms with E-state index in [2.05, 4.69) is 10.5 Å². The monoisotopic (exact) mass is 390 g/mol. The fourth-order valence-corrected chi connectivity index (χ4v) is 3.97. The second-order valence-electron chi connectivity index (χ2n) is 6.12. The molecule has 27 heavy (non-hydrogen) atoms. The second-order valence-corrected chi connectivity index (χ2v) is 7.02. The molecule has 9 heteroatoms. The Kier molecular flexibility index (Phi) is 6.04. The molecule has 2 atom stereocenters. The molecule has 1 aromatic heterocycles. The summed E-state index contributed by atoms with van der Waals surface area (Å²) in [6.07, 6.45) is 1.84. The molecule has 8 nitrogen and oxygen atoms in total. The lowest BCUT2D eigenvalue weighted by atomic mass is 9.83. The molecule has 1 aliphatic carbocycles. The number of amides is 1. The van der Waals surface area contributed by atoms with E-state index < -0.39 is 0 Å². The van der Waals surface area contributed by atoms with Crippen molar-refractivity contribution in [1.82, 2.24) is 15.2 Å². The quantitative estimate of drug-likeness (QED) is 0.397. The summed E-state index contributed by atoms with van der Waals surface area (Å²) in [5, 5.41) is 4.50. The Balaban J connectivity index is 1.99. The number of nitrogens with one attached hydrogen (secondary N) is 1. The van der Waals surface area contributed by atoms with E-state index in [0.717, 1.165) is 22.5 Å². The fourth-order valence-electron chi connectivity index (χ4n) is 3.38. The molecule has 3 rings (SSSR count). The summed E-state index contributed by atoms with van der Waals surface area (Å²) in [7, 11) is 1.47. The van der Waals surface area contributed by atoms with Crippen LogP contribution in [0.1, 0.15) is 24.0 Å². The Morgan fingerprint density at radius 2 is 2.22 bits per heavy atom. The van der Waals surface area contributed by atoms with Gasteiger partial charge in [-0.25, -0.2) is 10.5 Å². The van der Waals surface area contributed by atoms with Crippen molar-refractivity contribution in [3.05, 3.63) is 50.6 Å². The molecule has 0 bridgehead atoms. The second kappa shape index (κ2) is 8.47. The maximum Gasteiger partial charge on any atom is 0.328 e. The molecule has 1 amide bonds. The van der Waals surface area contributed by atoms with Crippen LogP contribution in [0.5, 0.6) is 5.19 Å². The van der Waals surface area contributed by atoms with Crippen LogP contribution in [0.15, 0.2) is 34.6 Å². The first kappa shape index (κ1) is 19.3. The maximum atomic E-state index is 12.4. The van der Waals surface area contributed by atoms with Crippen LogP contribution < -0.4 is 20.9 Å². The topological polar surface area (TPSA) is 108 Å². The van der Waals surface area contributed by atoms with Gasteiger partial charge in [0.1, 0.15) is 0 Å². The number of ether oxygens (including phenoxy) is 2. The Hall–Kier alpha value is -2.49. The van der Waals surface area contributed by atoms with Crippen LogP contribution >= 0.6 is 11.3 Å². The third-order valence-electron chi connectivity index (χ3n) is 4.55. The zero-order valence-corrected chi connectivity index (χ0v) is 16.0. The van der Waals surface area contributed by atoms with Crippen molar-refractivity contribution in [2.24, 2.45) is 11.8 Å². The average molecular weight is 390 g/mol. The normalized spacial score (nSPS) is 16.6. The van der Waals surface area contributed by atoms with Gasteiger partial charge in [-0.2, -0.15) is 0 Å². The summed E-state index contributed by atoms with van der Waals surface area (Å²) in [5.74, 6) is 4.61. The number of hydrogen-bond acceptors (Lipinski definition) is 7. The van der Waals surface area contributed by atoms with Gasteiger partial charge >= 0.3 is 4.87 Å². The number of carbonyl (C=O) groups is 1. The van der Waals surface area contributed by atoms with E-state index in [4.69, 9.17) is 15.3 Å². The number of methoxy groups -OCH3 is 1. The summed E-state index contributed by atoms with van der Waals surface area (Å²) >= 11 is 0.939. The van der Waals surface area contributed by atoms with Crippen molar-refractivity contribution in [3.63, 3.8) is 0 Å². The minimum absolute atomic E-state index is 0.179. The number of hydrazine groups is 1. The van der Waals surface area contributed by atoms with E-state index in [9.17, 15) is 9.59 Å². The van der Waals surface area contributed by atoms with Gasteiger partial charge in [-0.15, -0.1) is 5.10 Å². The molecule has 2 unspecified atom stereocenters. The zero-order valence-electron chi connectivity index (χ0n) is 15.2. The van der Waals surface area contributed by atoms with Crippen molar-refractivity contribution < 1.29 is 14.3 Å². The molecule has 3 N–H and O–H groups in total. The molecule has 0 aliphatic heterocycles. The molecule has 1 heterocycles. The first-order chi connectivity index (χ1) is 13.1. The average Bonchev–Trinajstić information content (AvgIpc) is 3.24. The molecule has 2 aromatic rings. The Morgan fingerprint density at radius 1 is 1.44 bits per heavy atom. The Morgan fingerprint density at radius 3 is 2.89 bits per heavy atom. The highest BCUT2D eigenvalue weighted by atomic mass is 32.1. The van der Waals surface area contributed by atoms with Gasteiger partial charge in [0.2, 0.25) is 0 Å². The summed E-state index contributed by atoms with van der Waals surface area (Å²) < 4.78 is 12.1. The highest BCUT2D eigenvalue weighted by molar-refractivity contribution is 7.10. The summed E-state index contributed by atoms with van der Waals surface area (Å²) in [5.41, 5.74) is 4.75. The number of carbonyl (C=O) groups excluding carboxylic acids is 1. The van der Waals surface area contributed by atoms with Gasteiger partial charge < -0.3 is 9.47 Å². The lowest BCUT2D eigenvalue weighted by Gasteiger charge is -2.26. The molecule has 0 fully saturated rings. The molecule has 0 saturated heterocycles. The molecule has 144 valence electrons. The molecule has 0 radical (unpaired) electrons. The van der Waals surface area contributed by atoms with E-state index in [1.165, 1.54) is 11.8 Å². The van der Waals surface area contributed by atoms with E-state index in [1.807, 2.05) is 37.3 Å². The third-order valence-corrected chi connectivity index (χ3v) is 5.36. The molecular formula is C18H22N4O4S. The number of hydrogen-bond donors (Lipinski definition) is 2. The van der Waals surface area contributed by atoms with Gasteiger partial charge in [0, 0.05) is 24.0 Å².